The van der Waals surface area contributed by atoms with Crippen LogP contribution in [0.4, 0.5) is 4.79 Å². The summed E-state index contributed by atoms with van der Waals surface area (Å²) in [6.45, 7) is 5.95. The van der Waals surface area contributed by atoms with Gasteiger partial charge in [0.15, 0.2) is 0 Å². The van der Waals surface area contributed by atoms with Crippen molar-refractivity contribution in [1.82, 2.24) is 20.0 Å². The van der Waals surface area contributed by atoms with Gasteiger partial charge in [-0.1, -0.05) is 0 Å². The number of likely N-dealkylation sites (tertiary alicyclic amines) is 1. The lowest BCUT2D eigenvalue weighted by molar-refractivity contribution is -0.147. The highest BCUT2D eigenvalue weighted by atomic mass is 16.6. The predicted molar refractivity (Wildman–Crippen MR) is 83.8 cm³/mol. The van der Waals surface area contributed by atoms with E-state index in [1.807, 2.05) is 7.05 Å². The van der Waals surface area contributed by atoms with E-state index in [1.54, 1.807) is 16.7 Å². The number of piperazine rings is 1. The van der Waals surface area contributed by atoms with E-state index in [0.29, 0.717) is 45.6 Å². The molecule has 2 aliphatic rings. The Labute approximate surface area is 136 Å². The topological polar surface area (TPSA) is 82.2 Å². The highest BCUT2D eigenvalue weighted by Crippen LogP contribution is 2.12. The number of hydrogen-bond acceptors (Lipinski definition) is 5. The molecule has 0 spiro atoms. The van der Waals surface area contributed by atoms with E-state index >= 15 is 0 Å². The summed E-state index contributed by atoms with van der Waals surface area (Å²) < 4.78 is 4.96. The third-order valence-corrected chi connectivity index (χ3v) is 4.34. The summed E-state index contributed by atoms with van der Waals surface area (Å²) in [6.07, 6.45) is 0.965. The Hall–Kier alpha value is -1.83. The van der Waals surface area contributed by atoms with Crippen LogP contribution in [0, 0.1) is 0 Å². The van der Waals surface area contributed by atoms with Gasteiger partial charge in [0, 0.05) is 45.3 Å². The van der Waals surface area contributed by atoms with Gasteiger partial charge in [-0.2, -0.15) is 0 Å². The summed E-state index contributed by atoms with van der Waals surface area (Å²) >= 11 is 0. The molecule has 0 aliphatic carbocycles. The van der Waals surface area contributed by atoms with Crippen LogP contribution < -0.4 is 5.32 Å². The summed E-state index contributed by atoms with van der Waals surface area (Å²) in [7, 11) is 2.00. The standard InChI is InChI=1S/C15H26N4O4/c1-3-23-15(22)19-6-4-12(5-7-19)16-13(20)14(21)18-10-8-17(2)9-11-18/h12H,3-11H2,1-2H3,(H,16,20). The van der Waals surface area contributed by atoms with E-state index < -0.39 is 11.8 Å². The summed E-state index contributed by atoms with van der Waals surface area (Å²) in [5, 5.41) is 2.80. The largest absolute Gasteiger partial charge is 0.450 e. The van der Waals surface area contributed by atoms with Crippen molar-refractivity contribution < 1.29 is 19.1 Å². The summed E-state index contributed by atoms with van der Waals surface area (Å²) in [4.78, 5) is 41.2. The zero-order chi connectivity index (χ0) is 16.8. The van der Waals surface area contributed by atoms with Crippen LogP contribution in [0.25, 0.3) is 0 Å². The quantitative estimate of drug-likeness (QED) is 0.692. The molecule has 0 aromatic heterocycles. The van der Waals surface area contributed by atoms with E-state index in [2.05, 4.69) is 10.2 Å². The van der Waals surface area contributed by atoms with E-state index in [0.717, 1.165) is 13.1 Å². The SMILES string of the molecule is CCOC(=O)N1CCC(NC(=O)C(=O)N2CCN(C)CC2)CC1. The fraction of sp³-hybridized carbons (Fsp3) is 0.800. The molecule has 0 aromatic rings. The first-order valence-corrected chi connectivity index (χ1v) is 8.21. The van der Waals surface area contributed by atoms with Gasteiger partial charge in [-0.3, -0.25) is 9.59 Å². The Morgan fingerprint density at radius 3 is 2.17 bits per heavy atom. The fourth-order valence-corrected chi connectivity index (χ4v) is 2.82. The first-order chi connectivity index (χ1) is 11.0. The molecule has 23 heavy (non-hydrogen) atoms. The van der Waals surface area contributed by atoms with Gasteiger partial charge in [-0.15, -0.1) is 0 Å². The summed E-state index contributed by atoms with van der Waals surface area (Å²) in [6, 6.07) is -0.0652. The fourth-order valence-electron chi connectivity index (χ4n) is 2.82. The molecule has 0 bridgehead atoms. The van der Waals surface area contributed by atoms with Crippen LogP contribution in [0.1, 0.15) is 19.8 Å². The third kappa shape index (κ3) is 4.82. The van der Waals surface area contributed by atoms with Crippen molar-refractivity contribution in [3.05, 3.63) is 0 Å². The van der Waals surface area contributed by atoms with Crippen molar-refractivity contribution in [2.45, 2.75) is 25.8 Å². The van der Waals surface area contributed by atoms with Crippen LogP contribution in [0.5, 0.6) is 0 Å². The predicted octanol–water partition coefficient (Wildman–Crippen LogP) is -0.502. The van der Waals surface area contributed by atoms with Crippen molar-refractivity contribution >= 4 is 17.9 Å². The van der Waals surface area contributed by atoms with Crippen LogP contribution >= 0.6 is 0 Å². The maximum Gasteiger partial charge on any atom is 0.409 e. The second kappa shape index (κ2) is 8.14. The smallest absolute Gasteiger partial charge is 0.409 e. The first kappa shape index (κ1) is 17.5. The second-order valence-corrected chi connectivity index (χ2v) is 6.03. The molecule has 0 radical (unpaired) electrons. The number of carbonyl (C=O) groups excluding carboxylic acids is 3. The van der Waals surface area contributed by atoms with Crippen LogP contribution in [0.3, 0.4) is 0 Å². The molecular weight excluding hydrogens is 300 g/mol. The van der Waals surface area contributed by atoms with E-state index in [1.165, 1.54) is 0 Å². The molecular formula is C15H26N4O4. The van der Waals surface area contributed by atoms with Gasteiger partial charge in [0.05, 0.1) is 6.61 Å². The van der Waals surface area contributed by atoms with Gasteiger partial charge >= 0.3 is 17.9 Å². The van der Waals surface area contributed by atoms with E-state index in [9.17, 15) is 14.4 Å². The van der Waals surface area contributed by atoms with Crippen molar-refractivity contribution in [3.63, 3.8) is 0 Å². The molecule has 0 unspecified atom stereocenters. The number of likely N-dealkylation sites (N-methyl/N-ethyl adjacent to an activating group) is 1. The second-order valence-electron chi connectivity index (χ2n) is 6.03. The number of hydrogen-bond donors (Lipinski definition) is 1. The minimum absolute atomic E-state index is 0.0652. The van der Waals surface area contributed by atoms with Crippen molar-refractivity contribution in [2.75, 3.05) is 52.9 Å². The Morgan fingerprint density at radius 2 is 1.61 bits per heavy atom. The lowest BCUT2D eigenvalue weighted by Crippen LogP contribution is -2.54. The molecule has 2 saturated heterocycles. The Kier molecular flexibility index (Phi) is 6.20. The Morgan fingerprint density at radius 1 is 1.00 bits per heavy atom. The molecule has 0 atom stereocenters. The van der Waals surface area contributed by atoms with Crippen molar-refractivity contribution in [2.24, 2.45) is 0 Å². The van der Waals surface area contributed by atoms with Crippen LogP contribution in [0.2, 0.25) is 0 Å². The third-order valence-electron chi connectivity index (χ3n) is 4.34. The van der Waals surface area contributed by atoms with Gasteiger partial charge in [-0.05, 0) is 26.8 Å². The molecule has 2 fully saturated rings. The number of rotatable bonds is 2. The number of nitrogens with zero attached hydrogens (tertiary/aromatic N) is 3. The molecule has 0 saturated carbocycles. The van der Waals surface area contributed by atoms with Gasteiger partial charge in [0.1, 0.15) is 0 Å². The molecule has 130 valence electrons. The maximum atomic E-state index is 12.1. The minimum Gasteiger partial charge on any atom is -0.450 e. The number of ether oxygens (including phenoxy) is 1. The molecule has 2 heterocycles. The lowest BCUT2D eigenvalue weighted by atomic mass is 10.1. The van der Waals surface area contributed by atoms with Gasteiger partial charge in [-0.25, -0.2) is 4.79 Å². The first-order valence-electron chi connectivity index (χ1n) is 8.21. The number of nitrogens with one attached hydrogen (secondary N) is 1. The minimum atomic E-state index is -0.538. The van der Waals surface area contributed by atoms with Gasteiger partial charge in [0.2, 0.25) is 0 Å². The zero-order valence-electron chi connectivity index (χ0n) is 13.9. The van der Waals surface area contributed by atoms with Crippen molar-refractivity contribution in [3.8, 4) is 0 Å². The monoisotopic (exact) mass is 326 g/mol. The number of piperidine rings is 1. The Balaban J connectivity index is 1.74. The summed E-state index contributed by atoms with van der Waals surface area (Å²) in [5.74, 6) is -0.991. The zero-order valence-corrected chi connectivity index (χ0v) is 13.9. The van der Waals surface area contributed by atoms with Crippen LogP contribution in [-0.4, -0.2) is 91.6 Å². The Bertz CT molecular complexity index is 441. The van der Waals surface area contributed by atoms with Crippen LogP contribution in [-0.2, 0) is 14.3 Å². The lowest BCUT2D eigenvalue weighted by Gasteiger charge is -2.34. The average molecular weight is 326 g/mol. The number of carbonyl (C=O) groups is 3. The highest BCUT2D eigenvalue weighted by molar-refractivity contribution is 6.35. The van der Waals surface area contributed by atoms with Crippen molar-refractivity contribution in [1.29, 1.82) is 0 Å². The average Bonchev–Trinajstić information content (AvgIpc) is 2.55. The molecule has 8 heteroatoms. The van der Waals surface area contributed by atoms with E-state index in [-0.39, 0.29) is 12.1 Å². The number of amides is 3. The summed E-state index contributed by atoms with van der Waals surface area (Å²) in [5.41, 5.74) is 0. The highest BCUT2D eigenvalue weighted by Gasteiger charge is 2.29. The van der Waals surface area contributed by atoms with E-state index in [4.69, 9.17) is 4.74 Å². The molecule has 1 N–H and O–H groups in total. The molecule has 0 aromatic carbocycles. The molecule has 8 nitrogen and oxygen atoms in total. The van der Waals surface area contributed by atoms with Gasteiger partial charge < -0.3 is 24.8 Å². The van der Waals surface area contributed by atoms with Gasteiger partial charge in [0.25, 0.3) is 0 Å². The maximum absolute atomic E-state index is 12.1. The molecule has 3 amide bonds. The molecule has 2 rings (SSSR count). The molecule has 2 aliphatic heterocycles. The normalized spacial score (nSPS) is 20.3. The van der Waals surface area contributed by atoms with Crippen LogP contribution in [0.15, 0.2) is 0 Å².